The number of rotatable bonds is 0. The molecule has 1 spiro atoms. The molecule has 2 bridgehead atoms. The average molecular weight is 240 g/mol. The van der Waals surface area contributed by atoms with E-state index in [1.165, 1.54) is 0 Å². The number of esters is 1. The maximum absolute atomic E-state index is 11.4. The molecule has 0 aromatic heterocycles. The van der Waals surface area contributed by atoms with Crippen LogP contribution in [0.3, 0.4) is 0 Å². The van der Waals surface area contributed by atoms with Gasteiger partial charge in [-0.2, -0.15) is 0 Å². The molecule has 5 heteroatoms. The van der Waals surface area contributed by atoms with Gasteiger partial charge in [-0.25, -0.2) is 0 Å². The third-order valence-corrected chi connectivity index (χ3v) is 4.28. The minimum Gasteiger partial charge on any atom is -0.456 e. The lowest BCUT2D eigenvalue weighted by Crippen LogP contribution is -2.47. The van der Waals surface area contributed by atoms with Crippen molar-refractivity contribution >= 4 is 5.97 Å². The standard InChI is InChI=1S/C12H16O5/c1-11(2)15-7-5-12-4-6(10(7)17-11)14-8(12)3-9(13)16-12/h6-8,10H,3-5H2,1-2H3/t6-,7?,8?,10+,12-/m1/s1. The molecule has 4 fully saturated rings. The van der Waals surface area contributed by atoms with Crippen LogP contribution < -0.4 is 0 Å². The maximum Gasteiger partial charge on any atom is 0.309 e. The summed E-state index contributed by atoms with van der Waals surface area (Å²) < 4.78 is 23.2. The molecule has 4 rings (SSSR count). The normalized spacial score (nSPS) is 54.4. The number of ether oxygens (including phenoxy) is 4. The molecule has 3 heterocycles. The fourth-order valence-corrected chi connectivity index (χ4v) is 3.74. The molecule has 4 aliphatic rings. The van der Waals surface area contributed by atoms with Gasteiger partial charge in [0, 0.05) is 12.8 Å². The highest BCUT2D eigenvalue weighted by Crippen LogP contribution is 2.53. The average Bonchev–Trinajstić information content (AvgIpc) is 2.72. The monoisotopic (exact) mass is 240 g/mol. The topological polar surface area (TPSA) is 54.0 Å². The van der Waals surface area contributed by atoms with Gasteiger partial charge in [-0.05, 0) is 13.8 Å². The van der Waals surface area contributed by atoms with E-state index in [0.717, 1.165) is 6.42 Å². The van der Waals surface area contributed by atoms with Crippen LogP contribution in [0.1, 0.15) is 33.1 Å². The Morgan fingerprint density at radius 3 is 2.76 bits per heavy atom. The van der Waals surface area contributed by atoms with Gasteiger partial charge in [-0.1, -0.05) is 0 Å². The first-order valence-electron chi connectivity index (χ1n) is 6.20. The summed E-state index contributed by atoms with van der Waals surface area (Å²) >= 11 is 0. The van der Waals surface area contributed by atoms with Gasteiger partial charge < -0.3 is 18.9 Å². The van der Waals surface area contributed by atoms with Gasteiger partial charge >= 0.3 is 5.97 Å². The molecular weight excluding hydrogens is 224 g/mol. The Morgan fingerprint density at radius 1 is 1.18 bits per heavy atom. The highest BCUT2D eigenvalue weighted by Gasteiger charge is 2.66. The van der Waals surface area contributed by atoms with Gasteiger partial charge in [0.25, 0.3) is 0 Å². The summed E-state index contributed by atoms with van der Waals surface area (Å²) in [6.45, 7) is 3.82. The van der Waals surface area contributed by atoms with Crippen LogP contribution in [0, 0.1) is 0 Å². The molecule has 0 amide bonds. The third-order valence-electron chi connectivity index (χ3n) is 4.28. The molecule has 0 aromatic rings. The van der Waals surface area contributed by atoms with E-state index in [1.807, 2.05) is 13.8 Å². The van der Waals surface area contributed by atoms with Gasteiger partial charge in [0.1, 0.15) is 17.8 Å². The Balaban J connectivity index is 1.66. The Morgan fingerprint density at radius 2 is 1.94 bits per heavy atom. The van der Waals surface area contributed by atoms with E-state index >= 15 is 0 Å². The van der Waals surface area contributed by atoms with Crippen LogP contribution in [-0.4, -0.2) is 41.8 Å². The molecule has 0 aromatic carbocycles. The zero-order valence-corrected chi connectivity index (χ0v) is 9.97. The second-order valence-electron chi connectivity index (χ2n) is 5.95. The van der Waals surface area contributed by atoms with E-state index in [0.29, 0.717) is 12.8 Å². The molecular formula is C12H16O5. The predicted molar refractivity (Wildman–Crippen MR) is 55.2 cm³/mol. The van der Waals surface area contributed by atoms with Crippen LogP contribution in [-0.2, 0) is 23.7 Å². The molecule has 5 nitrogen and oxygen atoms in total. The maximum atomic E-state index is 11.4. The van der Waals surface area contributed by atoms with Crippen molar-refractivity contribution < 1.29 is 23.7 Å². The van der Waals surface area contributed by atoms with Gasteiger partial charge in [-0.3, -0.25) is 4.79 Å². The van der Waals surface area contributed by atoms with Crippen LogP contribution in [0.25, 0.3) is 0 Å². The second kappa shape index (κ2) is 2.84. The molecule has 3 saturated heterocycles. The minimum atomic E-state index is -0.558. The zero-order valence-electron chi connectivity index (χ0n) is 9.97. The number of hydrogen-bond acceptors (Lipinski definition) is 5. The summed E-state index contributed by atoms with van der Waals surface area (Å²) in [4.78, 5) is 11.4. The molecule has 17 heavy (non-hydrogen) atoms. The van der Waals surface area contributed by atoms with Crippen LogP contribution in [0.5, 0.6) is 0 Å². The summed E-state index contributed by atoms with van der Waals surface area (Å²) in [5.41, 5.74) is -0.438. The first kappa shape index (κ1) is 10.3. The Bertz CT molecular complexity index is 392. The molecule has 0 N–H and O–H groups in total. The number of carbonyl (C=O) groups is 1. The minimum absolute atomic E-state index is 0.00799. The van der Waals surface area contributed by atoms with Gasteiger partial charge in [0.15, 0.2) is 5.79 Å². The predicted octanol–water partition coefficient (Wildman–Crippen LogP) is 0.753. The summed E-state index contributed by atoms with van der Waals surface area (Å²) in [6, 6.07) is 0. The van der Waals surface area contributed by atoms with Crippen molar-refractivity contribution in [3.05, 3.63) is 0 Å². The lowest BCUT2D eigenvalue weighted by Gasteiger charge is -2.34. The summed E-state index contributed by atoms with van der Waals surface area (Å²) in [7, 11) is 0. The summed E-state index contributed by atoms with van der Waals surface area (Å²) in [5.74, 6) is -0.706. The second-order valence-corrected chi connectivity index (χ2v) is 5.95. The highest BCUT2D eigenvalue weighted by atomic mass is 16.8. The zero-order chi connectivity index (χ0) is 11.8. The first-order chi connectivity index (χ1) is 7.97. The molecule has 5 atom stereocenters. The van der Waals surface area contributed by atoms with Crippen molar-refractivity contribution in [3.63, 3.8) is 0 Å². The number of hydrogen-bond donors (Lipinski definition) is 0. The van der Waals surface area contributed by atoms with E-state index < -0.39 is 11.4 Å². The third kappa shape index (κ3) is 1.27. The van der Waals surface area contributed by atoms with Gasteiger partial charge in [-0.15, -0.1) is 0 Å². The van der Waals surface area contributed by atoms with Crippen LogP contribution in [0.4, 0.5) is 0 Å². The molecule has 94 valence electrons. The Kier molecular flexibility index (Phi) is 1.72. The van der Waals surface area contributed by atoms with Gasteiger partial charge in [0.05, 0.1) is 18.6 Å². The van der Waals surface area contributed by atoms with E-state index in [9.17, 15) is 4.79 Å². The van der Waals surface area contributed by atoms with Crippen LogP contribution >= 0.6 is 0 Å². The van der Waals surface area contributed by atoms with Crippen molar-refractivity contribution in [1.82, 2.24) is 0 Å². The van der Waals surface area contributed by atoms with Crippen molar-refractivity contribution in [1.29, 1.82) is 0 Å². The largest absolute Gasteiger partial charge is 0.456 e. The fourth-order valence-electron chi connectivity index (χ4n) is 3.74. The first-order valence-corrected chi connectivity index (χ1v) is 6.20. The lowest BCUT2D eigenvalue weighted by atomic mass is 9.80. The molecule has 2 unspecified atom stereocenters. The van der Waals surface area contributed by atoms with Crippen molar-refractivity contribution in [2.24, 2.45) is 0 Å². The summed E-state index contributed by atoms with van der Waals surface area (Å²) in [5, 5.41) is 0. The number of fused-ring (bicyclic) bond motifs is 3. The van der Waals surface area contributed by atoms with E-state index in [4.69, 9.17) is 18.9 Å². The fraction of sp³-hybridized carbons (Fsp3) is 0.917. The lowest BCUT2D eigenvalue weighted by molar-refractivity contribution is -0.162. The molecule has 0 radical (unpaired) electrons. The van der Waals surface area contributed by atoms with Crippen LogP contribution in [0.2, 0.25) is 0 Å². The number of carbonyl (C=O) groups excluding carboxylic acids is 1. The Labute approximate surface area is 99.3 Å². The summed E-state index contributed by atoms with van der Waals surface area (Å²) in [6.07, 6.45) is 1.71. The SMILES string of the molecule is CC1(C)OC2C[C@]34C[C@@H](OC3CC(=O)O4)[C@@H]2O1. The van der Waals surface area contributed by atoms with E-state index in [2.05, 4.69) is 0 Å². The molecule has 1 saturated carbocycles. The van der Waals surface area contributed by atoms with Crippen LogP contribution in [0.15, 0.2) is 0 Å². The molecule has 1 aliphatic carbocycles. The van der Waals surface area contributed by atoms with Gasteiger partial charge in [0.2, 0.25) is 0 Å². The van der Waals surface area contributed by atoms with E-state index in [1.54, 1.807) is 0 Å². The highest BCUT2D eigenvalue weighted by molar-refractivity contribution is 5.73. The van der Waals surface area contributed by atoms with Crippen molar-refractivity contribution in [3.8, 4) is 0 Å². The van der Waals surface area contributed by atoms with E-state index in [-0.39, 0.29) is 30.4 Å². The quantitative estimate of drug-likeness (QED) is 0.585. The van der Waals surface area contributed by atoms with Crippen molar-refractivity contribution in [2.45, 2.75) is 68.9 Å². The Hall–Kier alpha value is -0.650. The molecule has 3 aliphatic heterocycles. The van der Waals surface area contributed by atoms with Crippen molar-refractivity contribution in [2.75, 3.05) is 0 Å². The smallest absolute Gasteiger partial charge is 0.309 e.